The van der Waals surface area contributed by atoms with Crippen molar-refractivity contribution >= 4 is 11.3 Å². The average molecular weight is 254 g/mol. The van der Waals surface area contributed by atoms with Gasteiger partial charge in [0.2, 0.25) is 0 Å². The molecule has 2 N–H and O–H groups in total. The minimum atomic E-state index is 0.521. The highest BCUT2D eigenvalue weighted by Gasteiger charge is 2.15. The number of ether oxygens (including phenoxy) is 1. The van der Waals surface area contributed by atoms with Crippen molar-refractivity contribution in [2.45, 2.75) is 31.8 Å². The molecule has 0 amide bonds. The molecule has 3 nitrogen and oxygen atoms in total. The van der Waals surface area contributed by atoms with Gasteiger partial charge in [0.25, 0.3) is 0 Å². The van der Waals surface area contributed by atoms with Crippen LogP contribution in [0.15, 0.2) is 16.8 Å². The van der Waals surface area contributed by atoms with Gasteiger partial charge in [0.15, 0.2) is 0 Å². The number of rotatable bonds is 6. The molecule has 2 heterocycles. The fourth-order valence-corrected chi connectivity index (χ4v) is 2.88. The van der Waals surface area contributed by atoms with Crippen LogP contribution in [-0.2, 0) is 11.2 Å². The highest BCUT2D eigenvalue weighted by molar-refractivity contribution is 7.07. The normalized spacial score (nSPS) is 22.5. The van der Waals surface area contributed by atoms with Crippen LogP contribution in [0.3, 0.4) is 0 Å². The molecule has 1 saturated heterocycles. The zero-order chi connectivity index (χ0) is 11.9. The first-order valence-electron chi connectivity index (χ1n) is 6.40. The first kappa shape index (κ1) is 13.0. The lowest BCUT2D eigenvalue weighted by molar-refractivity contribution is 0.0713. The van der Waals surface area contributed by atoms with E-state index in [1.165, 1.54) is 5.56 Å². The minimum absolute atomic E-state index is 0.521. The number of hydrogen-bond donors (Lipinski definition) is 2. The van der Waals surface area contributed by atoms with E-state index in [1.54, 1.807) is 11.3 Å². The zero-order valence-electron chi connectivity index (χ0n) is 10.4. The van der Waals surface area contributed by atoms with Crippen molar-refractivity contribution in [1.29, 1.82) is 0 Å². The molecular weight excluding hydrogens is 232 g/mol. The van der Waals surface area contributed by atoms with Gasteiger partial charge in [0, 0.05) is 18.6 Å². The molecule has 4 heteroatoms. The van der Waals surface area contributed by atoms with Crippen molar-refractivity contribution in [3.05, 3.63) is 22.4 Å². The first-order valence-corrected chi connectivity index (χ1v) is 7.34. The van der Waals surface area contributed by atoms with Gasteiger partial charge in [0.1, 0.15) is 0 Å². The van der Waals surface area contributed by atoms with E-state index in [0.29, 0.717) is 12.1 Å². The van der Waals surface area contributed by atoms with Gasteiger partial charge in [-0.05, 0) is 48.7 Å². The Balaban J connectivity index is 1.58. The van der Waals surface area contributed by atoms with Gasteiger partial charge >= 0.3 is 0 Å². The van der Waals surface area contributed by atoms with E-state index in [0.717, 1.165) is 39.1 Å². The maximum Gasteiger partial charge on any atom is 0.0620 e. The summed E-state index contributed by atoms with van der Waals surface area (Å²) in [5.41, 5.74) is 1.44. The molecule has 1 fully saturated rings. The molecule has 1 aliphatic rings. The lowest BCUT2D eigenvalue weighted by Gasteiger charge is -2.26. The molecule has 1 aromatic rings. The summed E-state index contributed by atoms with van der Waals surface area (Å²) in [7, 11) is 0. The summed E-state index contributed by atoms with van der Waals surface area (Å²) < 4.78 is 5.46. The third-order valence-electron chi connectivity index (χ3n) is 3.12. The van der Waals surface area contributed by atoms with Gasteiger partial charge in [-0.15, -0.1) is 0 Å². The molecule has 96 valence electrons. The summed E-state index contributed by atoms with van der Waals surface area (Å²) in [6.07, 6.45) is 2.27. The molecule has 0 aromatic carbocycles. The van der Waals surface area contributed by atoms with Crippen LogP contribution in [0.25, 0.3) is 0 Å². The molecule has 2 unspecified atom stereocenters. The van der Waals surface area contributed by atoms with Crippen molar-refractivity contribution in [1.82, 2.24) is 10.6 Å². The van der Waals surface area contributed by atoms with Gasteiger partial charge in [-0.1, -0.05) is 0 Å². The van der Waals surface area contributed by atoms with E-state index in [1.807, 2.05) is 0 Å². The van der Waals surface area contributed by atoms with Crippen molar-refractivity contribution < 1.29 is 4.74 Å². The summed E-state index contributed by atoms with van der Waals surface area (Å²) >= 11 is 1.77. The SMILES string of the molecule is CC(CC1COCCN1)NCCc1ccsc1. The molecular formula is C13H22N2OS. The van der Waals surface area contributed by atoms with Crippen LogP contribution < -0.4 is 10.6 Å². The lowest BCUT2D eigenvalue weighted by Crippen LogP contribution is -2.45. The summed E-state index contributed by atoms with van der Waals surface area (Å²) in [4.78, 5) is 0. The van der Waals surface area contributed by atoms with Crippen molar-refractivity contribution in [2.24, 2.45) is 0 Å². The third kappa shape index (κ3) is 4.76. The van der Waals surface area contributed by atoms with Crippen molar-refractivity contribution in [2.75, 3.05) is 26.3 Å². The second-order valence-electron chi connectivity index (χ2n) is 4.70. The van der Waals surface area contributed by atoms with Crippen molar-refractivity contribution in [3.63, 3.8) is 0 Å². The molecule has 1 aliphatic heterocycles. The van der Waals surface area contributed by atoms with Gasteiger partial charge in [-0.25, -0.2) is 0 Å². The first-order chi connectivity index (χ1) is 8.34. The largest absolute Gasteiger partial charge is 0.379 e. The maximum absolute atomic E-state index is 5.46. The Morgan fingerprint density at radius 2 is 2.59 bits per heavy atom. The van der Waals surface area contributed by atoms with E-state index in [9.17, 15) is 0 Å². The second kappa shape index (κ2) is 7.11. The van der Waals surface area contributed by atoms with Crippen LogP contribution >= 0.6 is 11.3 Å². The van der Waals surface area contributed by atoms with Crippen LogP contribution in [0.4, 0.5) is 0 Å². The van der Waals surface area contributed by atoms with Crippen LogP contribution in [0, 0.1) is 0 Å². The lowest BCUT2D eigenvalue weighted by atomic mass is 10.1. The second-order valence-corrected chi connectivity index (χ2v) is 5.48. The fourth-order valence-electron chi connectivity index (χ4n) is 2.18. The van der Waals surface area contributed by atoms with Gasteiger partial charge in [-0.3, -0.25) is 0 Å². The van der Waals surface area contributed by atoms with E-state index in [-0.39, 0.29) is 0 Å². The summed E-state index contributed by atoms with van der Waals surface area (Å²) in [5.74, 6) is 0. The fraction of sp³-hybridized carbons (Fsp3) is 0.692. The van der Waals surface area contributed by atoms with Crippen LogP contribution in [0.1, 0.15) is 18.9 Å². The van der Waals surface area contributed by atoms with Gasteiger partial charge < -0.3 is 15.4 Å². The third-order valence-corrected chi connectivity index (χ3v) is 3.86. The number of nitrogens with one attached hydrogen (secondary N) is 2. The highest BCUT2D eigenvalue weighted by Crippen LogP contribution is 2.06. The highest BCUT2D eigenvalue weighted by atomic mass is 32.1. The minimum Gasteiger partial charge on any atom is -0.379 e. The standard InChI is InChI=1S/C13H22N2OS/c1-11(8-13-9-16-6-5-15-13)14-4-2-12-3-7-17-10-12/h3,7,10-11,13-15H,2,4-6,8-9H2,1H3. The van der Waals surface area contributed by atoms with Gasteiger partial charge in [0.05, 0.1) is 13.2 Å². The predicted octanol–water partition coefficient (Wildman–Crippen LogP) is 1.65. The Bertz CT molecular complexity index is 296. The molecule has 17 heavy (non-hydrogen) atoms. The number of morpholine rings is 1. The maximum atomic E-state index is 5.46. The molecule has 0 bridgehead atoms. The van der Waals surface area contributed by atoms with E-state index in [4.69, 9.17) is 4.74 Å². The van der Waals surface area contributed by atoms with Crippen molar-refractivity contribution in [3.8, 4) is 0 Å². The van der Waals surface area contributed by atoms with E-state index < -0.39 is 0 Å². The van der Waals surface area contributed by atoms with Gasteiger partial charge in [-0.2, -0.15) is 11.3 Å². The molecule has 2 atom stereocenters. The Labute approximate surface area is 108 Å². The van der Waals surface area contributed by atoms with E-state index in [2.05, 4.69) is 34.4 Å². The monoisotopic (exact) mass is 254 g/mol. The average Bonchev–Trinajstić information content (AvgIpc) is 2.83. The molecule has 1 aromatic heterocycles. The smallest absolute Gasteiger partial charge is 0.0620 e. The zero-order valence-corrected chi connectivity index (χ0v) is 11.3. The molecule has 0 radical (unpaired) electrons. The quantitative estimate of drug-likeness (QED) is 0.810. The summed E-state index contributed by atoms with van der Waals surface area (Å²) in [6, 6.07) is 3.27. The van der Waals surface area contributed by atoms with Crippen LogP contribution in [0.2, 0.25) is 0 Å². The molecule has 0 spiro atoms. The number of thiophene rings is 1. The van der Waals surface area contributed by atoms with E-state index >= 15 is 0 Å². The van der Waals surface area contributed by atoms with Crippen LogP contribution in [-0.4, -0.2) is 38.4 Å². The molecule has 2 rings (SSSR count). The number of hydrogen-bond acceptors (Lipinski definition) is 4. The Hall–Kier alpha value is -0.420. The molecule has 0 saturated carbocycles. The Kier molecular flexibility index (Phi) is 5.45. The molecule has 0 aliphatic carbocycles. The summed E-state index contributed by atoms with van der Waals surface area (Å²) in [6.45, 7) is 6.02. The summed E-state index contributed by atoms with van der Waals surface area (Å²) in [5, 5.41) is 11.4. The predicted molar refractivity (Wildman–Crippen MR) is 72.7 cm³/mol. The topological polar surface area (TPSA) is 33.3 Å². The van der Waals surface area contributed by atoms with Crippen LogP contribution in [0.5, 0.6) is 0 Å². The Morgan fingerprint density at radius 3 is 3.29 bits per heavy atom. The Morgan fingerprint density at radius 1 is 1.65 bits per heavy atom.